The largest absolute Gasteiger partial charge is 0.465 e. The van der Waals surface area contributed by atoms with Gasteiger partial charge >= 0.3 is 6.09 Å². The maximum atomic E-state index is 14.0. The first-order valence-corrected chi connectivity index (χ1v) is 15.4. The van der Waals surface area contributed by atoms with Crippen LogP contribution in [-0.2, 0) is 6.54 Å². The number of rotatable bonds is 7. The topological polar surface area (TPSA) is 124 Å². The Kier molecular flexibility index (Phi) is 8.05. The molecule has 10 nitrogen and oxygen atoms in total. The van der Waals surface area contributed by atoms with Crippen molar-refractivity contribution in [3.05, 3.63) is 93.7 Å². The van der Waals surface area contributed by atoms with Crippen molar-refractivity contribution in [2.24, 2.45) is 0 Å². The average molecular weight is 607 g/mol. The fraction of sp³-hybridized carbons (Fsp3) is 0.314. The van der Waals surface area contributed by atoms with E-state index in [1.54, 1.807) is 0 Å². The molecule has 10 heteroatoms. The van der Waals surface area contributed by atoms with Gasteiger partial charge in [-0.3, -0.25) is 9.59 Å². The van der Waals surface area contributed by atoms with Crippen molar-refractivity contribution in [2.45, 2.75) is 46.7 Å². The van der Waals surface area contributed by atoms with Crippen LogP contribution in [0.1, 0.15) is 53.5 Å². The second kappa shape index (κ2) is 12.1. The lowest BCUT2D eigenvalue weighted by molar-refractivity contribution is 0.0952. The molecule has 0 saturated carbocycles. The van der Waals surface area contributed by atoms with Crippen molar-refractivity contribution in [3.8, 4) is 11.1 Å². The lowest BCUT2D eigenvalue weighted by Crippen LogP contribution is -2.48. The van der Waals surface area contributed by atoms with E-state index >= 15 is 0 Å². The minimum absolute atomic E-state index is 0.0944. The quantitative estimate of drug-likeness (QED) is 0.213. The number of aryl methyl sites for hydroxylation is 2. The number of aromatic amines is 1. The smallest absolute Gasteiger partial charge is 0.407 e. The molecule has 5 aromatic rings. The molecule has 45 heavy (non-hydrogen) atoms. The molecule has 1 fully saturated rings. The molecule has 2 amide bonds. The van der Waals surface area contributed by atoms with Crippen molar-refractivity contribution in [2.75, 3.05) is 31.1 Å². The van der Waals surface area contributed by atoms with E-state index in [0.29, 0.717) is 37.3 Å². The highest BCUT2D eigenvalue weighted by Crippen LogP contribution is 2.34. The molecule has 4 heterocycles. The zero-order valence-corrected chi connectivity index (χ0v) is 26.1. The van der Waals surface area contributed by atoms with E-state index < -0.39 is 6.09 Å². The fourth-order valence-electron chi connectivity index (χ4n) is 6.31. The summed E-state index contributed by atoms with van der Waals surface area (Å²) in [6.45, 7) is 10.3. The van der Waals surface area contributed by atoms with Crippen LogP contribution < -0.4 is 15.8 Å². The first-order chi connectivity index (χ1) is 21.7. The van der Waals surface area contributed by atoms with E-state index in [1.165, 1.54) is 4.90 Å². The van der Waals surface area contributed by atoms with Crippen LogP contribution in [0.25, 0.3) is 32.8 Å². The van der Waals surface area contributed by atoms with Crippen LogP contribution in [-0.4, -0.2) is 62.7 Å². The Morgan fingerprint density at radius 2 is 1.76 bits per heavy atom. The van der Waals surface area contributed by atoms with Gasteiger partial charge in [-0.15, -0.1) is 0 Å². The summed E-state index contributed by atoms with van der Waals surface area (Å²) >= 11 is 0. The zero-order chi connectivity index (χ0) is 31.8. The number of hydrogen-bond donors (Lipinski definition) is 3. The molecule has 1 aliphatic rings. The van der Waals surface area contributed by atoms with Gasteiger partial charge in [-0.2, -0.15) is 0 Å². The number of pyridine rings is 2. The van der Waals surface area contributed by atoms with Gasteiger partial charge in [0.2, 0.25) is 0 Å². The Morgan fingerprint density at radius 3 is 2.42 bits per heavy atom. The summed E-state index contributed by atoms with van der Waals surface area (Å²) < 4.78 is 2.23. The predicted molar refractivity (Wildman–Crippen MR) is 177 cm³/mol. The highest BCUT2D eigenvalue weighted by molar-refractivity contribution is 6.09. The molecule has 1 atom stereocenters. The minimum Gasteiger partial charge on any atom is -0.465 e. The lowest BCUT2D eigenvalue weighted by atomic mass is 9.98. The van der Waals surface area contributed by atoms with Crippen molar-refractivity contribution >= 4 is 39.5 Å². The Bertz CT molecular complexity index is 1970. The van der Waals surface area contributed by atoms with Gasteiger partial charge in [-0.1, -0.05) is 31.2 Å². The number of carboxylic acid groups (broad SMARTS) is 1. The number of benzene rings is 2. The third-order valence-corrected chi connectivity index (χ3v) is 9.05. The number of hydrogen-bond acceptors (Lipinski definition) is 5. The first kappa shape index (κ1) is 29.9. The van der Waals surface area contributed by atoms with Gasteiger partial charge in [0.15, 0.2) is 0 Å². The first-order valence-electron chi connectivity index (χ1n) is 15.4. The van der Waals surface area contributed by atoms with E-state index in [-0.39, 0.29) is 24.1 Å². The van der Waals surface area contributed by atoms with Crippen LogP contribution in [0.3, 0.4) is 0 Å². The average Bonchev–Trinajstić information content (AvgIpc) is 3.39. The Balaban J connectivity index is 1.35. The molecule has 232 valence electrons. The summed E-state index contributed by atoms with van der Waals surface area (Å²) in [6, 6.07) is 15.9. The van der Waals surface area contributed by atoms with Crippen molar-refractivity contribution < 1.29 is 14.7 Å². The summed E-state index contributed by atoms with van der Waals surface area (Å²) in [5.41, 5.74) is 5.37. The van der Waals surface area contributed by atoms with E-state index in [4.69, 9.17) is 4.98 Å². The number of anilines is 1. The molecule has 0 aliphatic carbocycles. The monoisotopic (exact) mass is 606 g/mol. The van der Waals surface area contributed by atoms with Crippen molar-refractivity contribution in [1.29, 1.82) is 0 Å². The van der Waals surface area contributed by atoms with Crippen molar-refractivity contribution in [1.82, 2.24) is 24.8 Å². The fourth-order valence-corrected chi connectivity index (χ4v) is 6.31. The van der Waals surface area contributed by atoms with E-state index in [2.05, 4.69) is 45.9 Å². The molecule has 0 bridgehead atoms. The number of H-pyrrole nitrogens is 1. The van der Waals surface area contributed by atoms with E-state index in [9.17, 15) is 19.5 Å². The molecule has 3 N–H and O–H groups in total. The molecule has 1 saturated heterocycles. The molecule has 1 aliphatic heterocycles. The Labute approximate surface area is 261 Å². The van der Waals surface area contributed by atoms with E-state index in [0.717, 1.165) is 56.3 Å². The van der Waals surface area contributed by atoms with Crippen LogP contribution >= 0.6 is 0 Å². The number of piperazine rings is 1. The van der Waals surface area contributed by atoms with Crippen LogP contribution in [0.5, 0.6) is 0 Å². The summed E-state index contributed by atoms with van der Waals surface area (Å²) in [4.78, 5) is 49.4. The molecule has 0 spiro atoms. The maximum absolute atomic E-state index is 14.0. The van der Waals surface area contributed by atoms with Crippen LogP contribution in [0.4, 0.5) is 10.6 Å². The summed E-state index contributed by atoms with van der Waals surface area (Å²) in [7, 11) is 0. The van der Waals surface area contributed by atoms with Crippen molar-refractivity contribution in [3.63, 3.8) is 0 Å². The highest BCUT2D eigenvalue weighted by atomic mass is 16.4. The molecular formula is C35H38N6O4. The van der Waals surface area contributed by atoms with Crippen LogP contribution in [0.2, 0.25) is 0 Å². The number of fused-ring (bicyclic) bond motifs is 2. The van der Waals surface area contributed by atoms with Gasteiger partial charge in [0.05, 0.1) is 0 Å². The molecule has 6 rings (SSSR count). The molecule has 0 radical (unpaired) electrons. The normalized spacial score (nSPS) is 14.2. The van der Waals surface area contributed by atoms with Gasteiger partial charge in [0.1, 0.15) is 5.82 Å². The Morgan fingerprint density at radius 1 is 1.02 bits per heavy atom. The van der Waals surface area contributed by atoms with Gasteiger partial charge in [0.25, 0.3) is 11.5 Å². The number of carbonyl (C=O) groups excluding carboxylic acids is 1. The number of nitrogens with zero attached hydrogens (tertiary/aromatic N) is 4. The summed E-state index contributed by atoms with van der Waals surface area (Å²) in [5, 5.41) is 15.0. The third kappa shape index (κ3) is 5.63. The predicted octanol–water partition coefficient (Wildman–Crippen LogP) is 5.86. The molecule has 3 aromatic heterocycles. The molecule has 1 unspecified atom stereocenters. The second-order valence-corrected chi connectivity index (χ2v) is 11.8. The third-order valence-electron chi connectivity index (χ3n) is 9.05. The standard InChI is InChI=1S/C35H38N6O4/c1-5-22(3)41-20-21(2)32-28(33(42)37-19-29-27-9-7-6-8-26(27)23(4)38-34(29)43)16-25(17-30(32)41)24-10-11-31(36-18-24)39-12-14-40(15-13-39)35(44)45/h6-11,16-18,20,22H,5,12-15,19H2,1-4H3,(H,37,42)(H,38,43)(H,44,45). The SMILES string of the molecule is CCC(C)n1cc(C)c2c(C(=O)NCc3c(=O)[nH]c(C)c4ccccc34)cc(-c3ccc(N4CCN(C(=O)O)CC4)nc3)cc21. The van der Waals surface area contributed by atoms with Gasteiger partial charge in [0, 0.05) is 89.8 Å². The van der Waals surface area contributed by atoms with Crippen LogP contribution in [0.15, 0.2) is 65.7 Å². The van der Waals surface area contributed by atoms with Gasteiger partial charge < -0.3 is 29.8 Å². The maximum Gasteiger partial charge on any atom is 0.407 e. The highest BCUT2D eigenvalue weighted by Gasteiger charge is 2.23. The number of carbonyl (C=O) groups is 2. The Hall–Kier alpha value is -5.12. The lowest BCUT2D eigenvalue weighted by Gasteiger charge is -2.33. The molecular weight excluding hydrogens is 568 g/mol. The number of amides is 2. The summed E-state index contributed by atoms with van der Waals surface area (Å²) in [5.74, 6) is 0.536. The van der Waals surface area contributed by atoms with Gasteiger partial charge in [-0.25, -0.2) is 9.78 Å². The second-order valence-electron chi connectivity index (χ2n) is 11.8. The van der Waals surface area contributed by atoms with Gasteiger partial charge in [-0.05, 0) is 68.0 Å². The summed E-state index contributed by atoms with van der Waals surface area (Å²) in [6.07, 6.45) is 3.95. The zero-order valence-electron chi connectivity index (χ0n) is 26.1. The number of nitrogens with one attached hydrogen (secondary N) is 2. The minimum atomic E-state index is -0.899. The molecule has 2 aromatic carbocycles. The van der Waals surface area contributed by atoms with Crippen LogP contribution in [0, 0.1) is 13.8 Å². The number of aromatic nitrogens is 3. The van der Waals surface area contributed by atoms with E-state index in [1.807, 2.05) is 62.5 Å².